The van der Waals surface area contributed by atoms with Crippen molar-refractivity contribution in [2.75, 3.05) is 19.8 Å². The minimum Gasteiger partial charge on any atom is -0.394 e. The van der Waals surface area contributed by atoms with Gasteiger partial charge in [-0.2, -0.15) is 0 Å². The summed E-state index contributed by atoms with van der Waals surface area (Å²) in [5, 5.41) is 12.8. The molecule has 0 saturated carbocycles. The molecule has 0 aromatic carbocycles. The Hall–Kier alpha value is -0.120. The molecule has 1 atom stereocenters. The third-order valence-corrected chi connectivity index (χ3v) is 2.78. The quantitative estimate of drug-likeness (QED) is 0.580. The molecule has 0 saturated heterocycles. The minimum atomic E-state index is -0.102. The van der Waals surface area contributed by atoms with Crippen molar-refractivity contribution in [1.82, 2.24) is 5.32 Å². The Morgan fingerprint density at radius 3 is 2.40 bits per heavy atom. The molecule has 15 heavy (non-hydrogen) atoms. The van der Waals surface area contributed by atoms with Crippen LogP contribution in [0.3, 0.4) is 0 Å². The molecule has 3 heteroatoms. The van der Waals surface area contributed by atoms with Crippen LogP contribution in [0.1, 0.15) is 47.0 Å². The van der Waals surface area contributed by atoms with Gasteiger partial charge in [-0.1, -0.05) is 13.8 Å². The standard InChI is InChI=1S/C12H27NO2/c1-5-12(10-14,13-6-2)8-7-9-15-11(3)4/h11,13-14H,5-10H2,1-4H3. The van der Waals surface area contributed by atoms with Crippen molar-refractivity contribution in [2.24, 2.45) is 0 Å². The van der Waals surface area contributed by atoms with E-state index in [1.54, 1.807) is 0 Å². The van der Waals surface area contributed by atoms with Gasteiger partial charge in [0, 0.05) is 12.1 Å². The van der Waals surface area contributed by atoms with Crippen molar-refractivity contribution in [3.8, 4) is 0 Å². The van der Waals surface area contributed by atoms with Gasteiger partial charge in [-0.25, -0.2) is 0 Å². The summed E-state index contributed by atoms with van der Waals surface area (Å²) >= 11 is 0. The van der Waals surface area contributed by atoms with Gasteiger partial charge in [-0.3, -0.25) is 0 Å². The Bertz CT molecular complexity index is 145. The van der Waals surface area contributed by atoms with Crippen molar-refractivity contribution in [1.29, 1.82) is 0 Å². The fourth-order valence-electron chi connectivity index (χ4n) is 1.74. The Balaban J connectivity index is 3.84. The number of hydrogen-bond donors (Lipinski definition) is 2. The maximum atomic E-state index is 9.41. The molecule has 2 N–H and O–H groups in total. The van der Waals surface area contributed by atoms with E-state index >= 15 is 0 Å². The lowest BCUT2D eigenvalue weighted by atomic mass is 9.91. The second-order valence-corrected chi connectivity index (χ2v) is 4.35. The van der Waals surface area contributed by atoms with Crippen molar-refractivity contribution in [2.45, 2.75) is 58.6 Å². The Kier molecular flexibility index (Phi) is 8.02. The summed E-state index contributed by atoms with van der Waals surface area (Å²) < 4.78 is 5.49. The molecule has 0 bridgehead atoms. The third kappa shape index (κ3) is 6.13. The van der Waals surface area contributed by atoms with Gasteiger partial charge in [0.25, 0.3) is 0 Å². The van der Waals surface area contributed by atoms with Crippen LogP contribution < -0.4 is 5.32 Å². The molecule has 0 amide bonds. The molecule has 92 valence electrons. The van der Waals surface area contributed by atoms with Crippen molar-refractivity contribution < 1.29 is 9.84 Å². The zero-order valence-electron chi connectivity index (χ0n) is 10.7. The van der Waals surface area contributed by atoms with E-state index in [4.69, 9.17) is 4.74 Å². The molecule has 0 heterocycles. The highest BCUT2D eigenvalue weighted by molar-refractivity contribution is 4.85. The lowest BCUT2D eigenvalue weighted by molar-refractivity contribution is 0.0644. The summed E-state index contributed by atoms with van der Waals surface area (Å²) in [6.45, 7) is 10.2. The number of rotatable bonds is 9. The fraction of sp³-hybridized carbons (Fsp3) is 1.00. The molecule has 3 nitrogen and oxygen atoms in total. The van der Waals surface area contributed by atoms with Crippen molar-refractivity contribution in [3.63, 3.8) is 0 Å². The van der Waals surface area contributed by atoms with Crippen LogP contribution in [0.2, 0.25) is 0 Å². The van der Waals surface area contributed by atoms with E-state index in [1.807, 2.05) is 13.8 Å². The molecule has 0 rings (SSSR count). The summed E-state index contributed by atoms with van der Waals surface area (Å²) in [6, 6.07) is 0. The smallest absolute Gasteiger partial charge is 0.0613 e. The van der Waals surface area contributed by atoms with Crippen LogP contribution in [-0.4, -0.2) is 36.5 Å². The van der Waals surface area contributed by atoms with Gasteiger partial charge in [-0.15, -0.1) is 0 Å². The van der Waals surface area contributed by atoms with E-state index in [-0.39, 0.29) is 12.1 Å². The van der Waals surface area contributed by atoms with Gasteiger partial charge >= 0.3 is 0 Å². The summed E-state index contributed by atoms with van der Waals surface area (Å²) in [5.41, 5.74) is -0.102. The molecule has 0 aliphatic carbocycles. The number of hydrogen-bond acceptors (Lipinski definition) is 3. The molecule has 0 aromatic rings. The number of aliphatic hydroxyl groups is 1. The van der Waals surface area contributed by atoms with Gasteiger partial charge in [0.05, 0.1) is 12.7 Å². The van der Waals surface area contributed by atoms with Crippen LogP contribution in [0, 0.1) is 0 Å². The van der Waals surface area contributed by atoms with E-state index < -0.39 is 0 Å². The largest absolute Gasteiger partial charge is 0.394 e. The van der Waals surface area contributed by atoms with Crippen molar-refractivity contribution >= 4 is 0 Å². The van der Waals surface area contributed by atoms with E-state index in [2.05, 4.69) is 19.2 Å². The van der Waals surface area contributed by atoms with E-state index in [1.165, 1.54) is 0 Å². The van der Waals surface area contributed by atoms with E-state index in [0.717, 1.165) is 32.4 Å². The van der Waals surface area contributed by atoms with E-state index in [0.29, 0.717) is 6.10 Å². The van der Waals surface area contributed by atoms with Crippen LogP contribution in [0.15, 0.2) is 0 Å². The fourth-order valence-corrected chi connectivity index (χ4v) is 1.74. The molecule has 0 fully saturated rings. The normalized spacial score (nSPS) is 15.6. The van der Waals surface area contributed by atoms with Gasteiger partial charge in [-0.05, 0) is 39.7 Å². The number of aliphatic hydroxyl groups excluding tert-OH is 1. The lowest BCUT2D eigenvalue weighted by Crippen LogP contribution is -2.48. The maximum absolute atomic E-state index is 9.41. The molecular formula is C12H27NO2. The first-order valence-electron chi connectivity index (χ1n) is 6.07. The third-order valence-electron chi connectivity index (χ3n) is 2.78. The summed E-state index contributed by atoms with van der Waals surface area (Å²) in [4.78, 5) is 0. The van der Waals surface area contributed by atoms with Crippen LogP contribution in [0.25, 0.3) is 0 Å². The van der Waals surface area contributed by atoms with Crippen LogP contribution in [0.4, 0.5) is 0 Å². The number of likely N-dealkylation sites (N-methyl/N-ethyl adjacent to an activating group) is 1. The molecule has 0 aromatic heterocycles. The van der Waals surface area contributed by atoms with Crippen LogP contribution >= 0.6 is 0 Å². The topological polar surface area (TPSA) is 41.5 Å². The lowest BCUT2D eigenvalue weighted by Gasteiger charge is -2.31. The second kappa shape index (κ2) is 8.08. The molecule has 0 aliphatic heterocycles. The highest BCUT2D eigenvalue weighted by Gasteiger charge is 2.25. The predicted molar refractivity (Wildman–Crippen MR) is 64.1 cm³/mol. The first-order chi connectivity index (χ1) is 7.10. The Morgan fingerprint density at radius 2 is 2.00 bits per heavy atom. The average Bonchev–Trinajstić information content (AvgIpc) is 2.22. The van der Waals surface area contributed by atoms with Gasteiger partial charge < -0.3 is 15.2 Å². The molecule has 0 radical (unpaired) electrons. The van der Waals surface area contributed by atoms with Gasteiger partial charge in [0.15, 0.2) is 0 Å². The SMILES string of the molecule is CCNC(CC)(CO)CCCOC(C)C. The maximum Gasteiger partial charge on any atom is 0.0613 e. The highest BCUT2D eigenvalue weighted by Crippen LogP contribution is 2.16. The second-order valence-electron chi connectivity index (χ2n) is 4.35. The molecule has 0 spiro atoms. The zero-order chi connectivity index (χ0) is 11.7. The average molecular weight is 217 g/mol. The van der Waals surface area contributed by atoms with Crippen molar-refractivity contribution in [3.05, 3.63) is 0 Å². The summed E-state index contributed by atoms with van der Waals surface area (Å²) in [7, 11) is 0. The van der Waals surface area contributed by atoms with Crippen LogP contribution in [0.5, 0.6) is 0 Å². The molecule has 0 aliphatic rings. The van der Waals surface area contributed by atoms with Gasteiger partial charge in [0.2, 0.25) is 0 Å². The molecule has 1 unspecified atom stereocenters. The van der Waals surface area contributed by atoms with Gasteiger partial charge in [0.1, 0.15) is 0 Å². The zero-order valence-corrected chi connectivity index (χ0v) is 10.7. The monoisotopic (exact) mass is 217 g/mol. The highest BCUT2D eigenvalue weighted by atomic mass is 16.5. The Morgan fingerprint density at radius 1 is 1.33 bits per heavy atom. The minimum absolute atomic E-state index is 0.102. The predicted octanol–water partition coefficient (Wildman–Crippen LogP) is 1.94. The first kappa shape index (κ1) is 14.9. The number of ether oxygens (including phenoxy) is 1. The summed E-state index contributed by atoms with van der Waals surface area (Å²) in [6.07, 6.45) is 3.23. The Labute approximate surface area is 94.2 Å². The number of nitrogens with one attached hydrogen (secondary N) is 1. The first-order valence-corrected chi connectivity index (χ1v) is 6.07. The molecular weight excluding hydrogens is 190 g/mol. The van der Waals surface area contributed by atoms with E-state index in [9.17, 15) is 5.11 Å². The summed E-state index contributed by atoms with van der Waals surface area (Å²) in [5.74, 6) is 0. The van der Waals surface area contributed by atoms with Crippen LogP contribution in [-0.2, 0) is 4.74 Å².